The molecule has 1 saturated heterocycles. The molecule has 1 saturated carbocycles. The summed E-state index contributed by atoms with van der Waals surface area (Å²) in [5, 5.41) is 9.71. The van der Waals surface area contributed by atoms with Crippen LogP contribution in [0.25, 0.3) is 5.52 Å². The van der Waals surface area contributed by atoms with Gasteiger partial charge in [-0.1, -0.05) is 6.07 Å². The number of fused-ring (bicyclic) bond motifs is 1. The van der Waals surface area contributed by atoms with E-state index in [1.54, 1.807) is 6.92 Å². The number of carbonyl (C=O) groups excluding carboxylic acids is 1. The van der Waals surface area contributed by atoms with E-state index < -0.39 is 5.41 Å². The summed E-state index contributed by atoms with van der Waals surface area (Å²) < 4.78 is 13.1. The zero-order chi connectivity index (χ0) is 19.2. The summed E-state index contributed by atoms with van der Waals surface area (Å²) >= 11 is 0. The van der Waals surface area contributed by atoms with Crippen molar-refractivity contribution in [1.82, 2.24) is 4.40 Å². The maximum atomic E-state index is 12.5. The molecule has 1 unspecified atom stereocenters. The molecule has 2 fully saturated rings. The number of rotatable bonds is 4. The van der Waals surface area contributed by atoms with Gasteiger partial charge < -0.3 is 13.9 Å². The Kier molecular flexibility index (Phi) is 4.27. The third-order valence-electron chi connectivity index (χ3n) is 5.90. The Labute approximate surface area is 159 Å². The van der Waals surface area contributed by atoms with Gasteiger partial charge in [-0.2, -0.15) is 5.26 Å². The first-order valence-corrected chi connectivity index (χ1v) is 9.76. The second-order valence-corrected chi connectivity index (χ2v) is 8.38. The maximum absolute atomic E-state index is 12.5. The number of carbonyl (C=O) groups is 1. The smallest absolute Gasteiger partial charge is 0.340 e. The van der Waals surface area contributed by atoms with Crippen LogP contribution >= 0.6 is 0 Å². The molecule has 0 spiro atoms. The molecule has 1 atom stereocenters. The van der Waals surface area contributed by atoms with Gasteiger partial charge >= 0.3 is 5.97 Å². The molecular formula is C22H26N2O3. The minimum Gasteiger partial charge on any atom is -0.462 e. The first-order valence-electron chi connectivity index (χ1n) is 9.76. The predicted molar refractivity (Wildman–Crippen MR) is 102 cm³/mol. The van der Waals surface area contributed by atoms with Gasteiger partial charge in [-0.15, -0.1) is 0 Å². The minimum atomic E-state index is -0.543. The van der Waals surface area contributed by atoms with Crippen LogP contribution < -0.4 is 0 Å². The molecule has 2 aliphatic rings. The molecule has 4 rings (SSSR count). The van der Waals surface area contributed by atoms with Crippen molar-refractivity contribution in [3.63, 3.8) is 0 Å². The number of pyridine rings is 1. The molecule has 5 nitrogen and oxygen atoms in total. The molecule has 2 aromatic rings. The third-order valence-corrected chi connectivity index (χ3v) is 5.90. The Morgan fingerprint density at radius 3 is 2.78 bits per heavy atom. The second kappa shape index (κ2) is 6.38. The highest BCUT2D eigenvalue weighted by Gasteiger charge is 2.49. The third kappa shape index (κ3) is 3.12. The van der Waals surface area contributed by atoms with Crippen molar-refractivity contribution in [3.8, 4) is 6.07 Å². The fraction of sp³-hybridized carbons (Fsp3) is 0.545. The van der Waals surface area contributed by atoms with E-state index >= 15 is 0 Å². The zero-order valence-corrected chi connectivity index (χ0v) is 16.2. The van der Waals surface area contributed by atoms with Crippen LogP contribution in [0.1, 0.15) is 73.9 Å². The molecule has 27 heavy (non-hydrogen) atoms. The Morgan fingerprint density at radius 2 is 2.15 bits per heavy atom. The summed E-state index contributed by atoms with van der Waals surface area (Å²) in [5.74, 6) is 0.0902. The quantitative estimate of drug-likeness (QED) is 0.755. The molecule has 3 heterocycles. The van der Waals surface area contributed by atoms with Gasteiger partial charge in [0.15, 0.2) is 0 Å². The van der Waals surface area contributed by atoms with E-state index in [2.05, 4.69) is 38.2 Å². The number of nitrogens with zero attached hydrogens (tertiary/aromatic N) is 2. The van der Waals surface area contributed by atoms with Crippen molar-refractivity contribution in [2.24, 2.45) is 0 Å². The summed E-state index contributed by atoms with van der Waals surface area (Å²) in [5.41, 5.74) is 2.89. The molecule has 0 bridgehead atoms. The number of esters is 1. The Hall–Kier alpha value is -2.32. The van der Waals surface area contributed by atoms with Crippen molar-refractivity contribution in [3.05, 3.63) is 41.2 Å². The lowest BCUT2D eigenvalue weighted by Crippen LogP contribution is -2.33. The summed E-state index contributed by atoms with van der Waals surface area (Å²) in [4.78, 5) is 12.5. The molecule has 142 valence electrons. The highest BCUT2D eigenvalue weighted by atomic mass is 16.5. The van der Waals surface area contributed by atoms with Crippen molar-refractivity contribution in [2.45, 2.75) is 63.4 Å². The van der Waals surface area contributed by atoms with Crippen LogP contribution in [0.5, 0.6) is 0 Å². The van der Waals surface area contributed by atoms with E-state index in [9.17, 15) is 10.1 Å². The second-order valence-electron chi connectivity index (χ2n) is 8.38. The van der Waals surface area contributed by atoms with Gasteiger partial charge in [0.2, 0.25) is 0 Å². The average Bonchev–Trinajstić information content (AvgIpc) is 3.33. The van der Waals surface area contributed by atoms with Crippen LogP contribution in [0.15, 0.2) is 24.5 Å². The lowest BCUT2D eigenvalue weighted by molar-refractivity contribution is -0.0593. The van der Waals surface area contributed by atoms with Crippen LogP contribution in [-0.2, 0) is 14.9 Å². The molecule has 1 aliphatic carbocycles. The lowest BCUT2D eigenvalue weighted by Gasteiger charge is -2.35. The minimum absolute atomic E-state index is 0.116. The van der Waals surface area contributed by atoms with Crippen LogP contribution in [0.4, 0.5) is 0 Å². The summed E-state index contributed by atoms with van der Waals surface area (Å²) in [6, 6.07) is 6.64. The van der Waals surface area contributed by atoms with Gasteiger partial charge in [-0.25, -0.2) is 4.79 Å². The Bertz CT molecular complexity index is 931. The number of aromatic nitrogens is 1. The van der Waals surface area contributed by atoms with E-state index in [4.69, 9.17) is 9.47 Å². The number of nitriles is 1. The highest BCUT2D eigenvalue weighted by molar-refractivity contribution is 5.95. The maximum Gasteiger partial charge on any atom is 0.340 e. The molecule has 0 amide bonds. The first kappa shape index (κ1) is 18.1. The van der Waals surface area contributed by atoms with E-state index in [1.807, 2.05) is 10.6 Å². The lowest BCUT2D eigenvalue weighted by atomic mass is 9.84. The topological polar surface area (TPSA) is 63.7 Å². The first-order chi connectivity index (χ1) is 12.9. The standard InChI is InChI=1S/C22H26N2O3/c1-4-26-20(25)17-13-24-12-16(15-7-10-27-21(2,3)11-15)5-6-18(24)19(17)22(14-23)8-9-22/h5-6,12-13,15H,4,7-11H2,1-3H3. The van der Waals surface area contributed by atoms with E-state index in [-0.39, 0.29) is 11.6 Å². The summed E-state index contributed by atoms with van der Waals surface area (Å²) in [6.45, 7) is 7.16. The predicted octanol–water partition coefficient (Wildman–Crippen LogP) is 4.34. The fourth-order valence-corrected chi connectivity index (χ4v) is 4.36. The number of ether oxygens (including phenoxy) is 2. The van der Waals surface area contributed by atoms with Gasteiger partial charge in [0.05, 0.1) is 34.8 Å². The molecular weight excluding hydrogens is 340 g/mol. The van der Waals surface area contributed by atoms with Crippen molar-refractivity contribution < 1.29 is 14.3 Å². The average molecular weight is 366 g/mol. The van der Waals surface area contributed by atoms with E-state index in [1.165, 1.54) is 5.56 Å². The zero-order valence-electron chi connectivity index (χ0n) is 16.2. The summed E-state index contributed by atoms with van der Waals surface area (Å²) in [6.07, 6.45) is 7.52. The molecule has 2 aromatic heterocycles. The molecule has 0 radical (unpaired) electrons. The van der Waals surface area contributed by atoms with Crippen LogP contribution in [-0.4, -0.2) is 29.2 Å². The monoisotopic (exact) mass is 366 g/mol. The normalized spacial score (nSPS) is 23.0. The van der Waals surface area contributed by atoms with Crippen LogP contribution in [0, 0.1) is 11.3 Å². The van der Waals surface area contributed by atoms with E-state index in [0.717, 1.165) is 43.4 Å². The van der Waals surface area contributed by atoms with E-state index in [0.29, 0.717) is 18.1 Å². The molecule has 0 aromatic carbocycles. The molecule has 5 heteroatoms. The van der Waals surface area contributed by atoms with Gasteiger partial charge in [0, 0.05) is 24.6 Å². The van der Waals surface area contributed by atoms with Crippen molar-refractivity contribution in [1.29, 1.82) is 5.26 Å². The van der Waals surface area contributed by atoms with Gasteiger partial charge in [-0.05, 0) is 64.0 Å². The van der Waals surface area contributed by atoms with Crippen LogP contribution in [0.2, 0.25) is 0 Å². The van der Waals surface area contributed by atoms with Gasteiger partial charge in [0.1, 0.15) is 0 Å². The highest BCUT2D eigenvalue weighted by Crippen LogP contribution is 2.51. The fourth-order valence-electron chi connectivity index (χ4n) is 4.36. The van der Waals surface area contributed by atoms with Gasteiger partial charge in [0.25, 0.3) is 0 Å². The van der Waals surface area contributed by atoms with Gasteiger partial charge in [-0.3, -0.25) is 0 Å². The number of hydrogen-bond acceptors (Lipinski definition) is 4. The summed E-state index contributed by atoms with van der Waals surface area (Å²) in [7, 11) is 0. The van der Waals surface area contributed by atoms with Crippen molar-refractivity contribution in [2.75, 3.05) is 13.2 Å². The number of hydrogen-bond donors (Lipinski definition) is 0. The Morgan fingerprint density at radius 1 is 1.37 bits per heavy atom. The largest absolute Gasteiger partial charge is 0.462 e. The SMILES string of the molecule is CCOC(=O)c1cn2cc(C3CCOC(C)(C)C3)ccc2c1C1(C#N)CC1. The Balaban J connectivity index is 1.79. The van der Waals surface area contributed by atoms with Crippen LogP contribution in [0.3, 0.4) is 0 Å². The molecule has 1 aliphatic heterocycles. The molecule has 0 N–H and O–H groups in total. The van der Waals surface area contributed by atoms with Crippen molar-refractivity contribution >= 4 is 11.5 Å².